The van der Waals surface area contributed by atoms with Gasteiger partial charge in [-0.1, -0.05) is 12.1 Å². The van der Waals surface area contributed by atoms with Gasteiger partial charge in [-0.3, -0.25) is 0 Å². The third-order valence-corrected chi connectivity index (χ3v) is 5.07. The molecule has 1 spiro atoms. The summed E-state index contributed by atoms with van der Waals surface area (Å²) in [6, 6.07) is 9.22. The lowest BCUT2D eigenvalue weighted by molar-refractivity contribution is -0.0740. The van der Waals surface area contributed by atoms with Crippen LogP contribution in [0.1, 0.15) is 18.5 Å². The second-order valence-corrected chi connectivity index (χ2v) is 6.91. The summed E-state index contributed by atoms with van der Waals surface area (Å²) in [4.78, 5) is 11.6. The molecular formula is C19H25ClN4O2. The first-order valence-corrected chi connectivity index (χ1v) is 8.89. The number of anilines is 1. The van der Waals surface area contributed by atoms with Gasteiger partial charge in [-0.15, -0.1) is 12.4 Å². The van der Waals surface area contributed by atoms with Crippen LogP contribution in [0.3, 0.4) is 0 Å². The minimum absolute atomic E-state index is 0. The van der Waals surface area contributed by atoms with Crippen molar-refractivity contribution in [2.45, 2.75) is 25.4 Å². The molecule has 2 saturated heterocycles. The highest BCUT2D eigenvalue weighted by molar-refractivity contribution is 5.85. The predicted molar refractivity (Wildman–Crippen MR) is 104 cm³/mol. The predicted octanol–water partition coefficient (Wildman–Crippen LogP) is 2.54. The Morgan fingerprint density at radius 3 is 2.73 bits per heavy atom. The Hall–Kier alpha value is -1.89. The summed E-state index contributed by atoms with van der Waals surface area (Å²) in [5, 5.41) is 13.5. The molecule has 0 radical (unpaired) electrons. The molecule has 7 heteroatoms. The Balaban J connectivity index is 0.00000196. The summed E-state index contributed by atoms with van der Waals surface area (Å²) in [6.07, 6.45) is 2.06. The summed E-state index contributed by atoms with van der Waals surface area (Å²) < 4.78 is 6.16. The van der Waals surface area contributed by atoms with E-state index in [9.17, 15) is 5.11 Å². The Bertz CT molecular complexity index is 759. The van der Waals surface area contributed by atoms with Crippen molar-refractivity contribution in [3.63, 3.8) is 0 Å². The van der Waals surface area contributed by atoms with E-state index in [1.54, 1.807) is 12.1 Å². The lowest BCUT2D eigenvalue weighted by Gasteiger charge is -2.45. The molecule has 1 aromatic carbocycles. The van der Waals surface area contributed by atoms with Crippen LogP contribution in [0.15, 0.2) is 30.3 Å². The summed E-state index contributed by atoms with van der Waals surface area (Å²) in [6.45, 7) is 6.36. The van der Waals surface area contributed by atoms with E-state index >= 15 is 0 Å². The molecular weight excluding hydrogens is 352 g/mol. The maximum Gasteiger partial charge on any atom is 0.165 e. The zero-order valence-corrected chi connectivity index (χ0v) is 15.8. The quantitative estimate of drug-likeness (QED) is 0.839. The highest BCUT2D eigenvalue weighted by atomic mass is 35.5. The summed E-state index contributed by atoms with van der Waals surface area (Å²) >= 11 is 0. The molecule has 0 amide bonds. The number of para-hydroxylation sites is 1. The Kier molecular flexibility index (Phi) is 5.65. The molecule has 3 heterocycles. The molecule has 0 unspecified atom stereocenters. The lowest BCUT2D eigenvalue weighted by atomic mass is 9.90. The van der Waals surface area contributed by atoms with Crippen LogP contribution in [0, 0.1) is 6.92 Å². The standard InChI is InChI=1S/C19H24N4O2.ClH/c1-14-12-17(22-18(21-14)15-4-2-3-5-16(15)24)23-10-11-25-19(13-23)6-8-20-9-7-19;/h2-5,12,20,24H,6-11,13H2,1H3;1H. The average molecular weight is 377 g/mol. The first kappa shape index (κ1) is 18.9. The number of nitrogens with zero attached hydrogens (tertiary/aromatic N) is 3. The molecule has 26 heavy (non-hydrogen) atoms. The van der Waals surface area contributed by atoms with Gasteiger partial charge in [0.1, 0.15) is 11.6 Å². The fourth-order valence-electron chi connectivity index (χ4n) is 3.72. The molecule has 2 aliphatic heterocycles. The van der Waals surface area contributed by atoms with Gasteiger partial charge in [-0.2, -0.15) is 0 Å². The SMILES string of the molecule is Cc1cc(N2CCOC3(CCNCC3)C2)nc(-c2ccccc2O)n1.Cl. The van der Waals surface area contributed by atoms with Crippen molar-refractivity contribution >= 4 is 18.2 Å². The summed E-state index contributed by atoms with van der Waals surface area (Å²) in [5.74, 6) is 1.68. The van der Waals surface area contributed by atoms with Crippen molar-refractivity contribution in [3.8, 4) is 17.1 Å². The van der Waals surface area contributed by atoms with Crippen LogP contribution >= 0.6 is 12.4 Å². The molecule has 6 nitrogen and oxygen atoms in total. The van der Waals surface area contributed by atoms with Crippen molar-refractivity contribution in [1.29, 1.82) is 0 Å². The number of phenols is 1. The molecule has 2 fully saturated rings. The number of halogens is 1. The zero-order valence-electron chi connectivity index (χ0n) is 14.9. The van der Waals surface area contributed by atoms with Crippen molar-refractivity contribution in [1.82, 2.24) is 15.3 Å². The highest BCUT2D eigenvalue weighted by Crippen LogP contribution is 2.32. The fourth-order valence-corrected chi connectivity index (χ4v) is 3.72. The molecule has 2 aliphatic rings. The van der Waals surface area contributed by atoms with Gasteiger partial charge in [-0.25, -0.2) is 9.97 Å². The van der Waals surface area contributed by atoms with Crippen molar-refractivity contribution < 1.29 is 9.84 Å². The second-order valence-electron chi connectivity index (χ2n) is 6.91. The fraction of sp³-hybridized carbons (Fsp3) is 0.474. The number of benzene rings is 1. The first-order valence-electron chi connectivity index (χ1n) is 8.89. The maximum absolute atomic E-state index is 10.1. The zero-order chi connectivity index (χ0) is 17.3. The number of hydrogen-bond acceptors (Lipinski definition) is 6. The third kappa shape index (κ3) is 3.77. The second kappa shape index (κ2) is 7.78. The van der Waals surface area contributed by atoms with Crippen LogP contribution in [-0.4, -0.2) is 53.5 Å². The first-order chi connectivity index (χ1) is 12.2. The maximum atomic E-state index is 10.1. The molecule has 0 aliphatic carbocycles. The van der Waals surface area contributed by atoms with E-state index in [1.165, 1.54) is 0 Å². The van der Waals surface area contributed by atoms with E-state index in [1.807, 2.05) is 25.1 Å². The molecule has 140 valence electrons. The van der Waals surface area contributed by atoms with E-state index in [4.69, 9.17) is 9.72 Å². The number of morpholine rings is 1. The minimum atomic E-state index is -0.0720. The number of aryl methyl sites for hydroxylation is 1. The number of rotatable bonds is 2. The monoisotopic (exact) mass is 376 g/mol. The smallest absolute Gasteiger partial charge is 0.165 e. The number of aromatic nitrogens is 2. The Morgan fingerprint density at radius 1 is 1.19 bits per heavy atom. The van der Waals surface area contributed by atoms with Crippen molar-refractivity contribution in [2.75, 3.05) is 37.7 Å². The van der Waals surface area contributed by atoms with Crippen molar-refractivity contribution in [3.05, 3.63) is 36.0 Å². The molecule has 2 N–H and O–H groups in total. The van der Waals surface area contributed by atoms with Gasteiger partial charge in [-0.05, 0) is 45.0 Å². The minimum Gasteiger partial charge on any atom is -0.507 e. The number of aromatic hydroxyl groups is 1. The van der Waals surface area contributed by atoms with Crippen LogP contribution in [0.5, 0.6) is 5.75 Å². The van der Waals surface area contributed by atoms with Crippen molar-refractivity contribution in [2.24, 2.45) is 0 Å². The topological polar surface area (TPSA) is 70.5 Å². The number of nitrogens with one attached hydrogen (secondary N) is 1. The van der Waals surface area contributed by atoms with E-state index < -0.39 is 0 Å². The molecule has 0 atom stereocenters. The Morgan fingerprint density at radius 2 is 1.96 bits per heavy atom. The van der Waals surface area contributed by atoms with Crippen LogP contribution in [-0.2, 0) is 4.74 Å². The highest BCUT2D eigenvalue weighted by Gasteiger charge is 2.38. The van der Waals surface area contributed by atoms with Gasteiger partial charge in [0.25, 0.3) is 0 Å². The van der Waals surface area contributed by atoms with Gasteiger partial charge in [0.05, 0.1) is 17.8 Å². The average Bonchev–Trinajstić information content (AvgIpc) is 2.62. The van der Waals surface area contributed by atoms with Crippen LogP contribution < -0.4 is 10.2 Å². The van der Waals surface area contributed by atoms with Gasteiger partial charge in [0.2, 0.25) is 0 Å². The third-order valence-electron chi connectivity index (χ3n) is 5.07. The van der Waals surface area contributed by atoms with Gasteiger partial charge >= 0.3 is 0 Å². The van der Waals surface area contributed by atoms with Crippen LogP contribution in [0.4, 0.5) is 5.82 Å². The van der Waals surface area contributed by atoms with E-state index in [2.05, 4.69) is 15.2 Å². The van der Waals surface area contributed by atoms with E-state index in [-0.39, 0.29) is 23.8 Å². The summed E-state index contributed by atoms with van der Waals surface area (Å²) in [5.41, 5.74) is 1.49. The van der Waals surface area contributed by atoms with Crippen LogP contribution in [0.25, 0.3) is 11.4 Å². The molecule has 1 aromatic heterocycles. The molecule has 2 aromatic rings. The van der Waals surface area contributed by atoms with Gasteiger partial charge in [0.15, 0.2) is 5.82 Å². The molecule has 0 bridgehead atoms. The largest absolute Gasteiger partial charge is 0.507 e. The normalized spacial score (nSPS) is 19.2. The Labute approximate surface area is 160 Å². The molecule has 0 saturated carbocycles. The lowest BCUT2D eigenvalue weighted by Crippen LogP contribution is -2.56. The van der Waals surface area contributed by atoms with Crippen LogP contribution in [0.2, 0.25) is 0 Å². The number of ether oxygens (including phenoxy) is 1. The number of hydrogen-bond donors (Lipinski definition) is 2. The molecule has 4 rings (SSSR count). The number of phenolic OH excluding ortho intramolecular Hbond substituents is 1. The number of piperidine rings is 1. The van der Waals surface area contributed by atoms with E-state index in [0.717, 1.165) is 57.1 Å². The van der Waals surface area contributed by atoms with E-state index in [0.29, 0.717) is 11.4 Å². The van der Waals surface area contributed by atoms with Gasteiger partial charge < -0.3 is 20.1 Å². The van der Waals surface area contributed by atoms with Gasteiger partial charge in [0, 0.05) is 24.8 Å². The summed E-state index contributed by atoms with van der Waals surface area (Å²) in [7, 11) is 0.